The zero-order chi connectivity index (χ0) is 12.7. The number of aliphatic carboxylic acids is 1. The molecule has 7 heteroatoms. The van der Waals surface area contributed by atoms with E-state index < -0.39 is 18.0 Å². The number of carbonyl (C=O) groups excluding carboxylic acids is 1. The molecule has 92 valence electrons. The molecule has 4 N–H and O–H groups in total. The molecule has 2 amide bonds. The summed E-state index contributed by atoms with van der Waals surface area (Å²) in [6, 6.07) is -1.51. The van der Waals surface area contributed by atoms with Gasteiger partial charge in [-0.1, -0.05) is 6.08 Å². The van der Waals surface area contributed by atoms with Crippen LogP contribution in [0.1, 0.15) is 12.1 Å². The number of urea groups is 1. The summed E-state index contributed by atoms with van der Waals surface area (Å²) in [6.07, 6.45) is 4.67. The Kier molecular flexibility index (Phi) is 4.74. The minimum absolute atomic E-state index is 0.173. The molecule has 0 spiro atoms. The van der Waals surface area contributed by atoms with Gasteiger partial charge < -0.3 is 20.7 Å². The highest BCUT2D eigenvalue weighted by molar-refractivity contribution is 5.82. The third-order valence-electron chi connectivity index (χ3n) is 2.00. The molecule has 0 aliphatic rings. The van der Waals surface area contributed by atoms with Crippen LogP contribution in [0, 0.1) is 0 Å². The molecule has 1 aromatic heterocycles. The first kappa shape index (κ1) is 12.8. The zero-order valence-electron chi connectivity index (χ0n) is 9.14. The number of aromatic amines is 1. The normalized spacial score (nSPS) is 11.5. The third-order valence-corrected chi connectivity index (χ3v) is 2.00. The van der Waals surface area contributed by atoms with Crippen molar-refractivity contribution in [3.05, 3.63) is 30.9 Å². The number of carbonyl (C=O) groups is 2. The summed E-state index contributed by atoms with van der Waals surface area (Å²) in [4.78, 5) is 28.7. The van der Waals surface area contributed by atoms with E-state index in [0.29, 0.717) is 0 Å². The third kappa shape index (κ3) is 4.37. The number of imidazole rings is 1. The highest BCUT2D eigenvalue weighted by Crippen LogP contribution is 1.94. The highest BCUT2D eigenvalue weighted by atomic mass is 16.4. The van der Waals surface area contributed by atoms with E-state index in [-0.39, 0.29) is 13.0 Å². The van der Waals surface area contributed by atoms with Crippen LogP contribution in [0.4, 0.5) is 4.79 Å². The van der Waals surface area contributed by atoms with E-state index in [1.54, 1.807) is 6.20 Å². The minimum Gasteiger partial charge on any atom is -0.480 e. The largest absolute Gasteiger partial charge is 0.480 e. The van der Waals surface area contributed by atoms with E-state index in [1.807, 2.05) is 0 Å². The van der Waals surface area contributed by atoms with E-state index in [2.05, 4.69) is 27.2 Å². The van der Waals surface area contributed by atoms with Gasteiger partial charge in [0.2, 0.25) is 0 Å². The molecule has 1 atom stereocenters. The van der Waals surface area contributed by atoms with Crippen molar-refractivity contribution < 1.29 is 14.7 Å². The fourth-order valence-corrected chi connectivity index (χ4v) is 1.15. The van der Waals surface area contributed by atoms with Crippen LogP contribution in [0.3, 0.4) is 0 Å². The SMILES string of the molecule is C=CCC(NC(=O)NCc1cnc[nH]1)C(=O)O. The van der Waals surface area contributed by atoms with Crippen LogP contribution >= 0.6 is 0 Å². The Morgan fingerprint density at radius 2 is 2.41 bits per heavy atom. The fourth-order valence-electron chi connectivity index (χ4n) is 1.15. The molecule has 1 aromatic rings. The van der Waals surface area contributed by atoms with Crippen LogP contribution in [0.25, 0.3) is 0 Å². The van der Waals surface area contributed by atoms with Gasteiger partial charge in [-0.2, -0.15) is 0 Å². The first-order valence-corrected chi connectivity index (χ1v) is 4.98. The molecule has 7 nitrogen and oxygen atoms in total. The molecule has 0 fully saturated rings. The van der Waals surface area contributed by atoms with Crippen LogP contribution in [0.15, 0.2) is 25.2 Å². The van der Waals surface area contributed by atoms with Crippen LogP contribution in [0.2, 0.25) is 0 Å². The van der Waals surface area contributed by atoms with Crippen molar-refractivity contribution in [3.8, 4) is 0 Å². The molecule has 0 saturated carbocycles. The van der Waals surface area contributed by atoms with Gasteiger partial charge in [0.1, 0.15) is 6.04 Å². The van der Waals surface area contributed by atoms with Crippen LogP contribution in [-0.2, 0) is 11.3 Å². The monoisotopic (exact) mass is 238 g/mol. The summed E-state index contributed by atoms with van der Waals surface area (Å²) >= 11 is 0. The van der Waals surface area contributed by atoms with E-state index in [0.717, 1.165) is 5.69 Å². The number of hydrogen-bond acceptors (Lipinski definition) is 3. The molecule has 0 aromatic carbocycles. The molecule has 1 rings (SSSR count). The standard InChI is InChI=1S/C10H14N4O3/c1-2-3-8(9(15)16)14-10(17)12-5-7-4-11-6-13-7/h2,4,6,8H,1,3,5H2,(H,11,13)(H,15,16)(H2,12,14,17). The van der Waals surface area contributed by atoms with Gasteiger partial charge in [0, 0.05) is 6.20 Å². The number of nitrogens with one attached hydrogen (secondary N) is 3. The van der Waals surface area contributed by atoms with Gasteiger partial charge in [0.05, 0.1) is 18.6 Å². The zero-order valence-corrected chi connectivity index (χ0v) is 9.14. The maximum Gasteiger partial charge on any atom is 0.326 e. The van der Waals surface area contributed by atoms with Crippen molar-refractivity contribution in [2.45, 2.75) is 19.0 Å². The second-order valence-electron chi connectivity index (χ2n) is 3.32. The summed E-state index contributed by atoms with van der Waals surface area (Å²) in [5.74, 6) is -1.10. The Hall–Kier alpha value is -2.31. The smallest absolute Gasteiger partial charge is 0.326 e. The Balaban J connectivity index is 2.37. The average Bonchev–Trinajstić information content (AvgIpc) is 2.78. The van der Waals surface area contributed by atoms with Gasteiger partial charge in [0.15, 0.2) is 0 Å². The van der Waals surface area contributed by atoms with Gasteiger partial charge >= 0.3 is 12.0 Å². The topological polar surface area (TPSA) is 107 Å². The van der Waals surface area contributed by atoms with E-state index in [9.17, 15) is 9.59 Å². The van der Waals surface area contributed by atoms with E-state index in [4.69, 9.17) is 5.11 Å². The lowest BCUT2D eigenvalue weighted by Crippen LogP contribution is -2.45. The predicted molar refractivity (Wildman–Crippen MR) is 60.2 cm³/mol. The average molecular weight is 238 g/mol. The van der Waals surface area contributed by atoms with Crippen molar-refractivity contribution >= 4 is 12.0 Å². The van der Waals surface area contributed by atoms with Crippen LogP contribution in [-0.4, -0.2) is 33.1 Å². The Labute approximate surface area is 97.9 Å². The van der Waals surface area contributed by atoms with Gasteiger partial charge in [-0.15, -0.1) is 6.58 Å². The van der Waals surface area contributed by atoms with E-state index >= 15 is 0 Å². The molecule has 0 aliphatic carbocycles. The molecule has 1 unspecified atom stereocenters. The first-order chi connectivity index (χ1) is 8.13. The van der Waals surface area contributed by atoms with E-state index in [1.165, 1.54) is 12.4 Å². The Morgan fingerprint density at radius 1 is 1.65 bits per heavy atom. The number of nitrogens with zero attached hydrogens (tertiary/aromatic N) is 1. The molecule has 0 aliphatic heterocycles. The highest BCUT2D eigenvalue weighted by Gasteiger charge is 2.17. The predicted octanol–water partition coefficient (Wildman–Crippen LogP) is 0.238. The van der Waals surface area contributed by atoms with Gasteiger partial charge in [-0.05, 0) is 6.42 Å². The van der Waals surface area contributed by atoms with Gasteiger partial charge in [0.25, 0.3) is 0 Å². The summed E-state index contributed by atoms with van der Waals surface area (Å²) in [7, 11) is 0. The number of carboxylic acid groups (broad SMARTS) is 1. The summed E-state index contributed by atoms with van der Waals surface area (Å²) < 4.78 is 0. The number of rotatable bonds is 6. The van der Waals surface area contributed by atoms with Crippen LogP contribution < -0.4 is 10.6 Å². The number of H-pyrrole nitrogens is 1. The molecule has 0 saturated heterocycles. The number of amides is 2. The van der Waals surface area contributed by atoms with Crippen LogP contribution in [0.5, 0.6) is 0 Å². The van der Waals surface area contributed by atoms with Gasteiger partial charge in [-0.25, -0.2) is 14.6 Å². The lowest BCUT2D eigenvalue weighted by Gasteiger charge is -2.12. The van der Waals surface area contributed by atoms with Crippen molar-refractivity contribution in [2.75, 3.05) is 0 Å². The fraction of sp³-hybridized carbons (Fsp3) is 0.300. The molecular weight excluding hydrogens is 224 g/mol. The second-order valence-corrected chi connectivity index (χ2v) is 3.32. The lowest BCUT2D eigenvalue weighted by molar-refractivity contribution is -0.139. The van der Waals surface area contributed by atoms with Crippen molar-refractivity contribution in [1.29, 1.82) is 0 Å². The molecule has 1 heterocycles. The number of hydrogen-bond donors (Lipinski definition) is 4. The van der Waals surface area contributed by atoms with Crippen molar-refractivity contribution in [2.24, 2.45) is 0 Å². The summed E-state index contributed by atoms with van der Waals surface area (Å²) in [6.45, 7) is 3.68. The Bertz CT molecular complexity index is 388. The van der Waals surface area contributed by atoms with Gasteiger partial charge in [-0.3, -0.25) is 0 Å². The molecule has 17 heavy (non-hydrogen) atoms. The number of aromatic nitrogens is 2. The maximum absolute atomic E-state index is 11.4. The first-order valence-electron chi connectivity index (χ1n) is 4.98. The lowest BCUT2D eigenvalue weighted by atomic mass is 10.2. The molecule has 0 radical (unpaired) electrons. The maximum atomic E-state index is 11.4. The molecule has 0 bridgehead atoms. The summed E-state index contributed by atoms with van der Waals surface area (Å²) in [5.41, 5.74) is 0.732. The molecular formula is C10H14N4O3. The quantitative estimate of drug-likeness (QED) is 0.532. The second kappa shape index (κ2) is 6.31. The Morgan fingerprint density at radius 3 is 2.94 bits per heavy atom. The summed E-state index contributed by atoms with van der Waals surface area (Å²) in [5, 5.41) is 13.6. The van der Waals surface area contributed by atoms with Crippen molar-refractivity contribution in [1.82, 2.24) is 20.6 Å². The van der Waals surface area contributed by atoms with Crippen molar-refractivity contribution in [3.63, 3.8) is 0 Å². The minimum atomic E-state index is -1.10. The number of carboxylic acids is 1.